The Morgan fingerprint density at radius 1 is 1.11 bits per heavy atom. The predicted molar refractivity (Wildman–Crippen MR) is 105 cm³/mol. The van der Waals surface area contributed by atoms with Gasteiger partial charge in [0.05, 0.1) is 0 Å². The Hall–Kier alpha value is -2.80. The van der Waals surface area contributed by atoms with Crippen LogP contribution in [0.25, 0.3) is 0 Å². The van der Waals surface area contributed by atoms with Crippen LogP contribution in [0.2, 0.25) is 0 Å². The number of halogens is 1. The number of hydrogen-bond donors (Lipinski definition) is 2. The molecule has 1 aliphatic rings. The molecule has 0 spiro atoms. The normalized spacial score (nSPS) is 13.4. The van der Waals surface area contributed by atoms with E-state index >= 15 is 0 Å². The van der Waals surface area contributed by atoms with Crippen LogP contribution in [0.15, 0.2) is 42.5 Å². The Bertz CT molecular complexity index is 813. The van der Waals surface area contributed by atoms with Gasteiger partial charge in [-0.05, 0) is 50.2 Å². The van der Waals surface area contributed by atoms with Crippen LogP contribution in [0.5, 0.6) is 11.5 Å². The van der Waals surface area contributed by atoms with Gasteiger partial charge in [-0.15, -0.1) is 0 Å². The topological polar surface area (TPSA) is 62.8 Å². The van der Waals surface area contributed by atoms with Gasteiger partial charge in [-0.25, -0.2) is 9.18 Å². The first-order chi connectivity index (χ1) is 13.5. The number of nitrogens with one attached hydrogen (secondary N) is 2. The Morgan fingerprint density at radius 2 is 1.89 bits per heavy atom. The van der Waals surface area contributed by atoms with E-state index in [1.54, 1.807) is 18.2 Å². The highest BCUT2D eigenvalue weighted by molar-refractivity contribution is 5.73. The van der Waals surface area contributed by atoms with Crippen LogP contribution < -0.4 is 20.1 Å². The summed E-state index contributed by atoms with van der Waals surface area (Å²) in [5.41, 5.74) is 1.64. The molecule has 6 nitrogen and oxygen atoms in total. The zero-order valence-electron chi connectivity index (χ0n) is 16.2. The van der Waals surface area contributed by atoms with Crippen molar-refractivity contribution in [3.63, 3.8) is 0 Å². The number of benzene rings is 2. The molecule has 0 fully saturated rings. The van der Waals surface area contributed by atoms with E-state index in [1.165, 1.54) is 6.07 Å². The molecular formula is C21H26FN3O3. The van der Waals surface area contributed by atoms with Gasteiger partial charge >= 0.3 is 6.03 Å². The predicted octanol–water partition coefficient (Wildman–Crippen LogP) is 2.57. The molecule has 150 valence electrons. The maximum absolute atomic E-state index is 13.6. The van der Waals surface area contributed by atoms with Gasteiger partial charge in [-0.3, -0.25) is 0 Å². The second kappa shape index (κ2) is 9.41. The van der Waals surface area contributed by atoms with Crippen LogP contribution in [-0.4, -0.2) is 51.0 Å². The monoisotopic (exact) mass is 387 g/mol. The van der Waals surface area contributed by atoms with Crippen molar-refractivity contribution in [1.82, 2.24) is 15.5 Å². The Labute approximate surface area is 164 Å². The maximum atomic E-state index is 13.6. The molecular weight excluding hydrogens is 361 g/mol. The fourth-order valence-electron chi connectivity index (χ4n) is 3.13. The van der Waals surface area contributed by atoms with E-state index < -0.39 is 0 Å². The summed E-state index contributed by atoms with van der Waals surface area (Å²) < 4.78 is 24.6. The van der Waals surface area contributed by atoms with Crippen molar-refractivity contribution in [3.8, 4) is 11.5 Å². The first kappa shape index (κ1) is 19.9. The molecule has 0 aliphatic carbocycles. The lowest BCUT2D eigenvalue weighted by molar-refractivity contribution is 0.172. The lowest BCUT2D eigenvalue weighted by Gasteiger charge is -2.25. The quantitative estimate of drug-likeness (QED) is 0.731. The highest BCUT2D eigenvalue weighted by Gasteiger charge is 2.21. The van der Waals surface area contributed by atoms with Crippen molar-refractivity contribution in [2.45, 2.75) is 18.9 Å². The number of ether oxygens (including phenoxy) is 2. The van der Waals surface area contributed by atoms with Crippen LogP contribution in [0.3, 0.4) is 0 Å². The van der Waals surface area contributed by atoms with E-state index in [9.17, 15) is 9.18 Å². The molecule has 1 aliphatic heterocycles. The van der Waals surface area contributed by atoms with Gasteiger partial charge in [-0.1, -0.05) is 30.3 Å². The van der Waals surface area contributed by atoms with Gasteiger partial charge in [0.1, 0.15) is 5.82 Å². The third-order valence-corrected chi connectivity index (χ3v) is 4.80. The molecule has 0 aromatic heterocycles. The van der Waals surface area contributed by atoms with Crippen molar-refractivity contribution >= 4 is 6.03 Å². The summed E-state index contributed by atoms with van der Waals surface area (Å²) in [5.74, 6) is 1.29. The maximum Gasteiger partial charge on any atom is 0.314 e. The van der Waals surface area contributed by atoms with Gasteiger partial charge < -0.3 is 25.0 Å². The van der Waals surface area contributed by atoms with Crippen LogP contribution >= 0.6 is 0 Å². The van der Waals surface area contributed by atoms with Crippen molar-refractivity contribution in [2.75, 3.05) is 34.0 Å². The zero-order chi connectivity index (χ0) is 19.9. The summed E-state index contributed by atoms with van der Waals surface area (Å²) in [6.45, 7) is 1.08. The first-order valence-electron chi connectivity index (χ1n) is 9.33. The van der Waals surface area contributed by atoms with Gasteiger partial charge in [0.2, 0.25) is 6.79 Å². The summed E-state index contributed by atoms with van der Waals surface area (Å²) in [5, 5.41) is 5.67. The number of para-hydroxylation sites is 1. The third-order valence-electron chi connectivity index (χ3n) is 4.80. The van der Waals surface area contributed by atoms with Crippen LogP contribution in [0.4, 0.5) is 9.18 Å². The summed E-state index contributed by atoms with van der Waals surface area (Å²) in [6, 6.07) is 12.3. The van der Waals surface area contributed by atoms with E-state index in [0.717, 1.165) is 23.5 Å². The van der Waals surface area contributed by atoms with Crippen molar-refractivity contribution in [3.05, 3.63) is 59.4 Å². The van der Waals surface area contributed by atoms with Crippen molar-refractivity contribution in [2.24, 2.45) is 0 Å². The molecule has 1 atom stereocenters. The van der Waals surface area contributed by atoms with Crippen LogP contribution in [0.1, 0.15) is 11.1 Å². The third kappa shape index (κ3) is 5.13. The van der Waals surface area contributed by atoms with Gasteiger partial charge in [0.15, 0.2) is 11.5 Å². The molecule has 0 saturated carbocycles. The number of amides is 2. The highest BCUT2D eigenvalue weighted by atomic mass is 19.1. The van der Waals surface area contributed by atoms with Crippen LogP contribution in [0, 0.1) is 5.82 Å². The van der Waals surface area contributed by atoms with Crippen molar-refractivity contribution in [1.29, 1.82) is 0 Å². The minimum absolute atomic E-state index is 0.0908. The molecule has 0 bridgehead atoms. The second-order valence-electron chi connectivity index (χ2n) is 6.95. The Balaban J connectivity index is 1.48. The number of carbonyl (C=O) groups is 1. The fraction of sp³-hybridized carbons (Fsp3) is 0.381. The summed E-state index contributed by atoms with van der Waals surface area (Å²) in [4.78, 5) is 14.2. The summed E-state index contributed by atoms with van der Waals surface area (Å²) in [7, 11) is 3.95. The molecule has 0 saturated heterocycles. The first-order valence-corrected chi connectivity index (χ1v) is 9.33. The molecule has 2 aromatic rings. The number of carbonyl (C=O) groups excluding carboxylic acids is 1. The minimum Gasteiger partial charge on any atom is -0.454 e. The Kier molecular flexibility index (Phi) is 6.71. The van der Waals surface area contributed by atoms with Crippen LogP contribution in [-0.2, 0) is 12.8 Å². The zero-order valence-corrected chi connectivity index (χ0v) is 16.2. The molecule has 1 heterocycles. The number of nitrogens with zero attached hydrogens (tertiary/aromatic N) is 1. The van der Waals surface area contributed by atoms with Gasteiger partial charge in [0.25, 0.3) is 0 Å². The molecule has 2 aromatic carbocycles. The largest absolute Gasteiger partial charge is 0.454 e. The number of hydrogen-bond acceptors (Lipinski definition) is 4. The van der Waals surface area contributed by atoms with Gasteiger partial charge in [-0.2, -0.15) is 0 Å². The number of fused-ring (bicyclic) bond motifs is 1. The lowest BCUT2D eigenvalue weighted by Crippen LogP contribution is -2.45. The second-order valence-corrected chi connectivity index (χ2v) is 6.95. The van der Waals surface area contributed by atoms with E-state index in [-0.39, 0.29) is 24.7 Å². The number of likely N-dealkylation sites (N-methyl/N-ethyl adjacent to an activating group) is 1. The molecule has 2 N–H and O–H groups in total. The molecule has 0 radical (unpaired) electrons. The van der Waals surface area contributed by atoms with Gasteiger partial charge in [0, 0.05) is 19.1 Å². The number of rotatable bonds is 8. The molecule has 28 heavy (non-hydrogen) atoms. The lowest BCUT2D eigenvalue weighted by atomic mass is 10.0. The summed E-state index contributed by atoms with van der Waals surface area (Å²) in [6.07, 6.45) is 1.17. The molecule has 7 heteroatoms. The Morgan fingerprint density at radius 3 is 2.68 bits per heavy atom. The average molecular weight is 387 g/mol. The van der Waals surface area contributed by atoms with E-state index in [1.807, 2.05) is 32.3 Å². The highest BCUT2D eigenvalue weighted by Crippen LogP contribution is 2.36. The van der Waals surface area contributed by atoms with E-state index in [2.05, 4.69) is 15.5 Å². The molecule has 3 rings (SSSR count). The standard InChI is InChI=1S/C21H26FN3O3/c1-25(2)17(12-16-7-5-9-19-20(16)28-14-27-19)13-24-21(26)23-11-10-15-6-3-4-8-18(15)22/h3-9,17H,10-14H2,1-2H3,(H2,23,24,26)/t17-/m0/s1. The van der Waals surface area contributed by atoms with Crippen molar-refractivity contribution < 1.29 is 18.7 Å². The minimum atomic E-state index is -0.263. The summed E-state index contributed by atoms with van der Waals surface area (Å²) >= 11 is 0. The number of urea groups is 1. The smallest absolute Gasteiger partial charge is 0.314 e. The van der Waals surface area contributed by atoms with E-state index in [4.69, 9.17) is 9.47 Å². The molecule has 0 unspecified atom stereocenters. The SMILES string of the molecule is CN(C)[C@H](CNC(=O)NCCc1ccccc1F)Cc1cccc2c1OCO2. The fourth-order valence-corrected chi connectivity index (χ4v) is 3.13. The average Bonchev–Trinajstić information content (AvgIpc) is 3.16. The van der Waals surface area contributed by atoms with E-state index in [0.29, 0.717) is 25.1 Å². The molecule has 2 amide bonds.